The number of aromatic nitrogens is 3. The lowest BCUT2D eigenvalue weighted by atomic mass is 11.1. The maximum Gasteiger partial charge on any atom is 0.443 e. The zero-order valence-corrected chi connectivity index (χ0v) is 5.37. The summed E-state index contributed by atoms with van der Waals surface area (Å²) in [6.45, 7) is 0. The molecule has 11 heavy (non-hydrogen) atoms. The Bertz CT molecular complexity index is 353. The largest absolute Gasteiger partial charge is 0.443 e. The summed E-state index contributed by atoms with van der Waals surface area (Å²) < 4.78 is 0.704. The van der Waals surface area contributed by atoms with E-state index >= 15 is 0 Å². The zero-order valence-electron chi connectivity index (χ0n) is 5.37. The van der Waals surface area contributed by atoms with Gasteiger partial charge in [0, 0.05) is 0 Å². The van der Waals surface area contributed by atoms with Crippen LogP contribution in [0.15, 0.2) is 10.1 Å². The summed E-state index contributed by atoms with van der Waals surface area (Å²) >= 11 is 0. The Labute approximate surface area is 58.5 Å². The van der Waals surface area contributed by atoms with E-state index in [-0.39, 0.29) is 4.79 Å². The SMILES string of the molecule is Cn1c(=O)n([N+](=O)[O-])n1N=O. The Balaban J connectivity index is 3.29. The molecule has 0 unspecified atom stereocenters. The molecular formula is C2H3N5O4. The van der Waals surface area contributed by atoms with E-state index in [1.54, 1.807) is 0 Å². The number of rotatable bonds is 2. The first-order chi connectivity index (χ1) is 5.09. The Morgan fingerprint density at radius 3 is 2.45 bits per heavy atom. The predicted octanol–water partition coefficient (Wildman–Crippen LogP) is -1.44. The van der Waals surface area contributed by atoms with Crippen LogP contribution in [0, 0.1) is 15.0 Å². The molecule has 1 rings (SSSR count). The molecule has 0 radical (unpaired) electrons. The quantitative estimate of drug-likeness (QED) is 0.300. The van der Waals surface area contributed by atoms with Crippen molar-refractivity contribution in [1.29, 1.82) is 0 Å². The first-order valence-electron chi connectivity index (χ1n) is 2.45. The lowest BCUT2D eigenvalue weighted by Crippen LogP contribution is -2.50. The smallest absolute Gasteiger partial charge is 0.339 e. The van der Waals surface area contributed by atoms with Crippen LogP contribution in [0.4, 0.5) is 0 Å². The summed E-state index contributed by atoms with van der Waals surface area (Å²) in [5.41, 5.74) is -0.908. The molecule has 0 aliphatic carbocycles. The minimum Gasteiger partial charge on any atom is -0.339 e. The monoisotopic (exact) mass is 161 g/mol. The van der Waals surface area contributed by atoms with Crippen molar-refractivity contribution in [1.82, 2.24) is 14.4 Å². The molecule has 0 fully saturated rings. The summed E-state index contributed by atoms with van der Waals surface area (Å²) in [5, 5.41) is 11.1. The topological polar surface area (TPSA) is 104 Å². The molecule has 0 bridgehead atoms. The third kappa shape index (κ3) is 0.738. The fraction of sp³-hybridized carbons (Fsp3) is 0.500. The van der Waals surface area contributed by atoms with Crippen LogP contribution in [0.25, 0.3) is 0 Å². The molecule has 1 aromatic rings. The van der Waals surface area contributed by atoms with Crippen molar-refractivity contribution in [2.45, 2.75) is 0 Å². The van der Waals surface area contributed by atoms with Gasteiger partial charge in [-0.05, 0) is 0 Å². The Morgan fingerprint density at radius 1 is 1.64 bits per heavy atom. The number of nitro groups is 1. The van der Waals surface area contributed by atoms with Crippen molar-refractivity contribution >= 4 is 0 Å². The fourth-order valence-corrected chi connectivity index (χ4v) is 0.596. The van der Waals surface area contributed by atoms with Crippen LogP contribution in [0.2, 0.25) is 0 Å². The van der Waals surface area contributed by atoms with Crippen molar-refractivity contribution in [3.63, 3.8) is 0 Å². The molecular weight excluding hydrogens is 158 g/mol. The molecule has 0 spiro atoms. The predicted molar refractivity (Wildman–Crippen MR) is 31.2 cm³/mol. The third-order valence-electron chi connectivity index (χ3n) is 1.11. The second-order valence-corrected chi connectivity index (χ2v) is 1.68. The molecule has 0 atom stereocenters. The number of nitroso groups, excluding NO2 is 1. The van der Waals surface area contributed by atoms with Gasteiger partial charge in [-0.1, -0.05) is 4.91 Å². The first kappa shape index (κ1) is 7.18. The molecule has 9 nitrogen and oxygen atoms in total. The summed E-state index contributed by atoms with van der Waals surface area (Å²) in [6, 6.07) is 0. The lowest BCUT2D eigenvalue weighted by molar-refractivity contribution is -0.573. The second kappa shape index (κ2) is 2.04. The van der Waals surface area contributed by atoms with Crippen molar-refractivity contribution in [2.75, 3.05) is 0 Å². The van der Waals surface area contributed by atoms with Gasteiger partial charge in [-0.25, -0.2) is 4.79 Å². The van der Waals surface area contributed by atoms with Crippen LogP contribution in [-0.4, -0.2) is 19.4 Å². The Hall–Kier alpha value is -1.93. The molecule has 0 saturated carbocycles. The average molecular weight is 161 g/mol. The van der Waals surface area contributed by atoms with Crippen LogP contribution < -0.4 is 5.69 Å². The summed E-state index contributed by atoms with van der Waals surface area (Å²) in [4.78, 5) is 30.6. The molecule has 1 heterocycles. The van der Waals surface area contributed by atoms with E-state index in [1.165, 1.54) is 7.05 Å². The molecule has 0 aliphatic heterocycles. The average Bonchev–Trinajstić information content (AvgIpc) is 1.96. The second-order valence-electron chi connectivity index (χ2n) is 1.68. The highest BCUT2D eigenvalue weighted by Gasteiger charge is 2.24. The van der Waals surface area contributed by atoms with Gasteiger partial charge in [-0.2, -0.15) is 0 Å². The molecule has 1 aromatic heterocycles. The zero-order chi connectivity index (χ0) is 8.59. The Morgan fingerprint density at radius 2 is 2.18 bits per heavy atom. The highest BCUT2D eigenvalue weighted by Crippen LogP contribution is 1.83. The van der Waals surface area contributed by atoms with Crippen molar-refractivity contribution < 1.29 is 5.03 Å². The summed E-state index contributed by atoms with van der Waals surface area (Å²) in [7, 11) is 1.18. The molecule has 60 valence electrons. The van der Waals surface area contributed by atoms with Crippen molar-refractivity contribution in [3.8, 4) is 0 Å². The van der Waals surface area contributed by atoms with E-state index in [2.05, 4.69) is 5.29 Å². The van der Waals surface area contributed by atoms with Gasteiger partial charge in [0.25, 0.3) is 0 Å². The molecule has 0 aromatic carbocycles. The summed E-state index contributed by atoms with van der Waals surface area (Å²) in [6.07, 6.45) is 0. The minimum absolute atomic E-state index is 0.00694. The standard InChI is InChI=1S/C2H3N5O4/c1-4-2(8)5(7(10)11)6(4)3-9/h1H3. The van der Waals surface area contributed by atoms with Gasteiger partial charge in [-0.3, -0.25) is 0 Å². The molecule has 0 N–H and O–H groups in total. The van der Waals surface area contributed by atoms with Crippen LogP contribution >= 0.6 is 0 Å². The highest BCUT2D eigenvalue weighted by molar-refractivity contribution is 4.58. The molecule has 9 heteroatoms. The van der Waals surface area contributed by atoms with Gasteiger partial charge >= 0.3 is 5.69 Å². The van der Waals surface area contributed by atoms with E-state index in [9.17, 15) is 19.8 Å². The molecule has 0 amide bonds. The van der Waals surface area contributed by atoms with E-state index in [1.807, 2.05) is 0 Å². The lowest BCUT2D eigenvalue weighted by Gasteiger charge is -2.05. The highest BCUT2D eigenvalue weighted by atomic mass is 16.7. The number of nitrogens with zero attached hydrogens (tertiary/aromatic N) is 5. The van der Waals surface area contributed by atoms with Gasteiger partial charge < -0.3 is 10.1 Å². The van der Waals surface area contributed by atoms with E-state index in [0.717, 1.165) is 0 Å². The maximum absolute atomic E-state index is 10.5. The normalized spacial score (nSPS) is 9.91. The van der Waals surface area contributed by atoms with Crippen LogP contribution in [-0.2, 0) is 7.05 Å². The van der Waals surface area contributed by atoms with Gasteiger partial charge in [0.05, 0.1) is 16.9 Å². The van der Waals surface area contributed by atoms with E-state index in [4.69, 9.17) is 0 Å². The van der Waals surface area contributed by atoms with Gasteiger partial charge in [0.15, 0.2) is 5.29 Å². The van der Waals surface area contributed by atoms with Crippen LogP contribution in [0.1, 0.15) is 0 Å². The summed E-state index contributed by atoms with van der Waals surface area (Å²) in [5.74, 6) is 0. The molecule has 0 saturated heterocycles. The van der Waals surface area contributed by atoms with Crippen LogP contribution in [0.5, 0.6) is 0 Å². The van der Waals surface area contributed by atoms with Gasteiger partial charge in [0.2, 0.25) is 0 Å². The fourth-order valence-electron chi connectivity index (χ4n) is 0.596. The van der Waals surface area contributed by atoms with E-state index in [0.29, 0.717) is 9.59 Å². The third-order valence-corrected chi connectivity index (χ3v) is 1.11. The number of hydrogen-bond donors (Lipinski definition) is 0. The van der Waals surface area contributed by atoms with Gasteiger partial charge in [-0.15, -0.1) is 4.68 Å². The minimum atomic E-state index is -1.04. The van der Waals surface area contributed by atoms with Crippen molar-refractivity contribution in [2.24, 2.45) is 12.3 Å². The molecule has 0 aliphatic rings. The van der Waals surface area contributed by atoms with Crippen LogP contribution in [0.3, 0.4) is 0 Å². The number of hydrogen-bond acceptors (Lipinski definition) is 5. The van der Waals surface area contributed by atoms with Gasteiger partial charge in [0.1, 0.15) is 4.91 Å². The first-order valence-corrected chi connectivity index (χ1v) is 2.45. The Kier molecular flexibility index (Phi) is 1.33. The van der Waals surface area contributed by atoms with Crippen molar-refractivity contribution in [3.05, 3.63) is 25.5 Å². The van der Waals surface area contributed by atoms with E-state index < -0.39 is 10.7 Å². The maximum atomic E-state index is 10.5.